The Morgan fingerprint density at radius 1 is 1.11 bits per heavy atom. The Kier molecular flexibility index (Phi) is 4.84. The molecule has 2 rings (SSSR count). The largest absolute Gasteiger partial charge is 0.497 e. The van der Waals surface area contributed by atoms with Gasteiger partial charge in [0.15, 0.2) is 0 Å². The molecule has 0 atom stereocenters. The Hall–Kier alpha value is -0.415. The maximum atomic E-state index is 6.06. The molecule has 19 heavy (non-hydrogen) atoms. The average Bonchev–Trinajstić information content (AvgIpc) is 2.48. The average molecular weight is 304 g/mol. The summed E-state index contributed by atoms with van der Waals surface area (Å²) < 4.78 is 12.1. The quantitative estimate of drug-likeness (QED) is 0.852. The van der Waals surface area contributed by atoms with Gasteiger partial charge < -0.3 is 14.6 Å². The van der Waals surface area contributed by atoms with E-state index in [9.17, 15) is 0 Å². The van der Waals surface area contributed by atoms with E-state index in [-0.39, 0.29) is 23.6 Å². The van der Waals surface area contributed by atoms with Crippen LogP contribution in [0.5, 0.6) is 0 Å². The van der Waals surface area contributed by atoms with E-state index in [4.69, 9.17) is 20.9 Å². The van der Waals surface area contributed by atoms with Crippen molar-refractivity contribution in [3.8, 4) is 0 Å². The molecule has 1 aliphatic rings. The number of anilines is 1. The summed E-state index contributed by atoms with van der Waals surface area (Å²) >= 11 is 6.06. The van der Waals surface area contributed by atoms with E-state index < -0.39 is 7.12 Å². The van der Waals surface area contributed by atoms with Gasteiger partial charge in [0.1, 0.15) is 0 Å². The maximum absolute atomic E-state index is 6.06. The summed E-state index contributed by atoms with van der Waals surface area (Å²) in [5.41, 5.74) is 1.22. The molecular weight excluding hydrogens is 284 g/mol. The molecule has 0 aromatic heterocycles. The van der Waals surface area contributed by atoms with Gasteiger partial charge in [0, 0.05) is 23.2 Å². The third kappa shape index (κ3) is 3.02. The fourth-order valence-corrected chi connectivity index (χ4v) is 2.11. The summed E-state index contributed by atoms with van der Waals surface area (Å²) in [6, 6.07) is 5.67. The van der Waals surface area contributed by atoms with Crippen LogP contribution in [0.15, 0.2) is 18.2 Å². The van der Waals surface area contributed by atoms with Crippen LogP contribution in [0.1, 0.15) is 27.7 Å². The van der Waals surface area contributed by atoms with E-state index in [0.29, 0.717) is 5.02 Å². The molecule has 0 bridgehead atoms. The standard InChI is InChI=1S/C13H19BClNO2.ClH/c1-12(2)13(3,4)18-14(17-12)10-8-9(15)6-7-11(10)16-5;/h6-8,16H,1-5H3;1H. The second kappa shape index (κ2) is 5.53. The van der Waals surface area contributed by atoms with Gasteiger partial charge in [-0.05, 0) is 45.9 Å². The Morgan fingerprint density at radius 2 is 1.63 bits per heavy atom. The van der Waals surface area contributed by atoms with E-state index in [0.717, 1.165) is 11.2 Å². The minimum Gasteiger partial charge on any atom is -0.399 e. The highest BCUT2D eigenvalue weighted by molar-refractivity contribution is 6.64. The highest BCUT2D eigenvalue weighted by Gasteiger charge is 2.52. The zero-order chi connectivity index (χ0) is 13.6. The third-order valence-electron chi connectivity index (χ3n) is 3.79. The van der Waals surface area contributed by atoms with Crippen molar-refractivity contribution in [1.82, 2.24) is 0 Å². The first-order chi connectivity index (χ1) is 8.27. The van der Waals surface area contributed by atoms with Gasteiger partial charge in [0.2, 0.25) is 0 Å². The topological polar surface area (TPSA) is 30.5 Å². The van der Waals surface area contributed by atoms with E-state index in [1.165, 1.54) is 0 Å². The Morgan fingerprint density at radius 3 is 2.11 bits per heavy atom. The second-order valence-corrected chi connectivity index (χ2v) is 6.01. The first-order valence-corrected chi connectivity index (χ1v) is 6.47. The van der Waals surface area contributed by atoms with Crippen molar-refractivity contribution >= 4 is 42.3 Å². The highest BCUT2D eigenvalue weighted by atomic mass is 35.5. The van der Waals surface area contributed by atoms with Gasteiger partial charge in [0.25, 0.3) is 0 Å². The predicted octanol–water partition coefficient (Wildman–Crippen LogP) is 3.10. The van der Waals surface area contributed by atoms with Crippen molar-refractivity contribution in [2.24, 2.45) is 0 Å². The molecule has 0 radical (unpaired) electrons. The van der Waals surface area contributed by atoms with Gasteiger partial charge >= 0.3 is 7.12 Å². The Bertz CT molecular complexity index is 450. The molecule has 0 spiro atoms. The Balaban J connectivity index is 0.00000180. The first-order valence-electron chi connectivity index (χ1n) is 6.10. The molecule has 0 amide bonds. The van der Waals surface area contributed by atoms with Crippen LogP contribution in [0.4, 0.5) is 5.69 Å². The molecule has 0 aliphatic carbocycles. The summed E-state index contributed by atoms with van der Waals surface area (Å²) in [6.45, 7) is 8.15. The van der Waals surface area contributed by atoms with Crippen molar-refractivity contribution in [1.29, 1.82) is 0 Å². The number of hydrogen-bond acceptors (Lipinski definition) is 3. The lowest BCUT2D eigenvalue weighted by Crippen LogP contribution is -2.41. The molecule has 1 aromatic rings. The molecule has 1 N–H and O–H groups in total. The third-order valence-corrected chi connectivity index (χ3v) is 4.03. The van der Waals surface area contributed by atoms with Crippen LogP contribution < -0.4 is 10.8 Å². The van der Waals surface area contributed by atoms with Crippen molar-refractivity contribution < 1.29 is 9.31 Å². The zero-order valence-electron chi connectivity index (χ0n) is 11.9. The van der Waals surface area contributed by atoms with Crippen LogP contribution in [0, 0.1) is 0 Å². The van der Waals surface area contributed by atoms with E-state index in [1.807, 2.05) is 52.9 Å². The fourth-order valence-electron chi connectivity index (χ4n) is 1.93. The molecule has 3 nitrogen and oxygen atoms in total. The molecule has 1 aromatic carbocycles. The molecular formula is C13H20BCl2NO2. The summed E-state index contributed by atoms with van der Waals surface area (Å²) in [5.74, 6) is 0. The zero-order valence-corrected chi connectivity index (χ0v) is 13.5. The number of rotatable bonds is 2. The van der Waals surface area contributed by atoms with E-state index >= 15 is 0 Å². The molecule has 1 heterocycles. The molecule has 6 heteroatoms. The summed E-state index contributed by atoms with van der Waals surface area (Å²) in [4.78, 5) is 0. The lowest BCUT2D eigenvalue weighted by molar-refractivity contribution is 0.00578. The van der Waals surface area contributed by atoms with Crippen LogP contribution in [-0.4, -0.2) is 25.4 Å². The summed E-state index contributed by atoms with van der Waals surface area (Å²) in [7, 11) is 1.48. The van der Waals surface area contributed by atoms with Crippen molar-refractivity contribution in [3.05, 3.63) is 23.2 Å². The van der Waals surface area contributed by atoms with Crippen molar-refractivity contribution in [2.75, 3.05) is 12.4 Å². The normalized spacial score (nSPS) is 20.0. The molecule has 1 fully saturated rings. The van der Waals surface area contributed by atoms with Gasteiger partial charge in [-0.15, -0.1) is 12.4 Å². The molecule has 106 valence electrons. The number of benzene rings is 1. The smallest absolute Gasteiger partial charge is 0.399 e. The van der Waals surface area contributed by atoms with Gasteiger partial charge in [-0.2, -0.15) is 0 Å². The summed E-state index contributed by atoms with van der Waals surface area (Å²) in [5, 5.41) is 3.82. The number of hydrogen-bond donors (Lipinski definition) is 1. The monoisotopic (exact) mass is 303 g/mol. The van der Waals surface area contributed by atoms with Crippen molar-refractivity contribution in [3.63, 3.8) is 0 Å². The molecule has 1 saturated heterocycles. The van der Waals surface area contributed by atoms with Crippen molar-refractivity contribution in [2.45, 2.75) is 38.9 Å². The van der Waals surface area contributed by atoms with Gasteiger partial charge in [0.05, 0.1) is 11.2 Å². The first kappa shape index (κ1) is 16.6. The maximum Gasteiger partial charge on any atom is 0.497 e. The number of nitrogens with one attached hydrogen (secondary N) is 1. The highest BCUT2D eigenvalue weighted by Crippen LogP contribution is 2.37. The van der Waals surface area contributed by atoms with Crippen LogP contribution in [-0.2, 0) is 9.31 Å². The number of halogens is 2. The van der Waals surface area contributed by atoms with Gasteiger partial charge in [-0.25, -0.2) is 0 Å². The molecule has 1 aliphatic heterocycles. The van der Waals surface area contributed by atoms with E-state index in [1.54, 1.807) is 0 Å². The van der Waals surface area contributed by atoms with Crippen LogP contribution in [0.3, 0.4) is 0 Å². The Labute approximate surface area is 126 Å². The summed E-state index contributed by atoms with van der Waals surface area (Å²) in [6.07, 6.45) is 0. The van der Waals surface area contributed by atoms with E-state index in [2.05, 4.69) is 5.32 Å². The molecule has 0 saturated carbocycles. The minimum absolute atomic E-state index is 0. The molecule has 0 unspecified atom stereocenters. The van der Waals surface area contributed by atoms with Gasteiger partial charge in [-0.1, -0.05) is 11.6 Å². The second-order valence-electron chi connectivity index (χ2n) is 5.57. The minimum atomic E-state index is -0.392. The van der Waals surface area contributed by atoms with Crippen LogP contribution >= 0.6 is 24.0 Å². The SMILES string of the molecule is CNc1ccc(Cl)cc1B1OC(C)(C)C(C)(C)O1.Cl. The lowest BCUT2D eigenvalue weighted by atomic mass is 9.78. The van der Waals surface area contributed by atoms with Gasteiger partial charge in [-0.3, -0.25) is 0 Å². The van der Waals surface area contributed by atoms with Crippen LogP contribution in [0.2, 0.25) is 5.02 Å². The lowest BCUT2D eigenvalue weighted by Gasteiger charge is -2.32. The fraction of sp³-hybridized carbons (Fsp3) is 0.538. The van der Waals surface area contributed by atoms with Crippen LogP contribution in [0.25, 0.3) is 0 Å². The predicted molar refractivity (Wildman–Crippen MR) is 84.0 cm³/mol.